The first-order valence-corrected chi connectivity index (χ1v) is 9.19. The first-order chi connectivity index (χ1) is 9.33. The molecule has 2 saturated heterocycles. The van der Waals surface area contributed by atoms with Crippen molar-refractivity contribution in [3.05, 3.63) is 11.7 Å². The van der Waals surface area contributed by atoms with Crippen LogP contribution in [0.1, 0.15) is 36.7 Å². The van der Waals surface area contributed by atoms with E-state index in [0.717, 1.165) is 31.2 Å². The van der Waals surface area contributed by atoms with Crippen molar-refractivity contribution in [3.8, 4) is 0 Å². The normalized spacial score (nSPS) is 32.4. The number of hydrogen-bond acceptors (Lipinski definition) is 6. The molecule has 0 radical (unpaired) electrons. The molecule has 0 aliphatic carbocycles. The molecule has 2 aliphatic heterocycles. The van der Waals surface area contributed by atoms with Gasteiger partial charge in [-0.05, 0) is 31.8 Å². The maximum Gasteiger partial charge on any atom is 0.227 e. The minimum atomic E-state index is 0.403. The maximum absolute atomic E-state index is 5.46. The van der Waals surface area contributed by atoms with Crippen LogP contribution in [0, 0.1) is 5.92 Å². The Labute approximate surface area is 122 Å². The summed E-state index contributed by atoms with van der Waals surface area (Å²) in [6.07, 6.45) is 3.46. The molecular weight excluding hydrogens is 278 g/mol. The fraction of sp³-hybridized carbons (Fsp3) is 0.846. The van der Waals surface area contributed by atoms with E-state index in [0.29, 0.717) is 16.4 Å². The van der Waals surface area contributed by atoms with Gasteiger partial charge in [0.15, 0.2) is 5.82 Å². The van der Waals surface area contributed by atoms with Crippen molar-refractivity contribution in [1.29, 1.82) is 0 Å². The highest BCUT2D eigenvalue weighted by Crippen LogP contribution is 2.41. The quantitative estimate of drug-likeness (QED) is 0.925. The number of hydrogen-bond donors (Lipinski definition) is 1. The molecule has 4 nitrogen and oxygen atoms in total. The van der Waals surface area contributed by atoms with Crippen LogP contribution in [0.5, 0.6) is 0 Å². The van der Waals surface area contributed by atoms with E-state index in [1.165, 1.54) is 24.3 Å². The van der Waals surface area contributed by atoms with E-state index >= 15 is 0 Å². The lowest BCUT2D eigenvalue weighted by molar-refractivity contribution is 0.314. The fourth-order valence-corrected chi connectivity index (χ4v) is 5.41. The summed E-state index contributed by atoms with van der Waals surface area (Å²) in [5, 5.41) is 8.64. The second kappa shape index (κ2) is 6.50. The Hall–Kier alpha value is -0.200. The molecule has 6 heteroatoms. The van der Waals surface area contributed by atoms with Crippen molar-refractivity contribution in [2.45, 2.75) is 36.7 Å². The van der Waals surface area contributed by atoms with Crippen LogP contribution in [0.3, 0.4) is 0 Å². The lowest BCUT2D eigenvalue weighted by Gasteiger charge is -2.24. The van der Waals surface area contributed by atoms with Crippen molar-refractivity contribution in [2.75, 3.05) is 24.6 Å². The van der Waals surface area contributed by atoms with Gasteiger partial charge in [-0.1, -0.05) is 12.1 Å². The Bertz CT molecular complexity index is 406. The zero-order chi connectivity index (χ0) is 13.1. The van der Waals surface area contributed by atoms with E-state index in [2.05, 4.69) is 22.4 Å². The molecule has 1 N–H and O–H groups in total. The molecule has 3 heterocycles. The van der Waals surface area contributed by atoms with Gasteiger partial charge in [0.25, 0.3) is 0 Å². The van der Waals surface area contributed by atoms with Gasteiger partial charge < -0.3 is 9.84 Å². The Balaban J connectivity index is 1.61. The van der Waals surface area contributed by atoms with Crippen LogP contribution < -0.4 is 5.32 Å². The Morgan fingerprint density at radius 2 is 2.26 bits per heavy atom. The molecule has 2 aliphatic rings. The smallest absolute Gasteiger partial charge is 0.227 e. The van der Waals surface area contributed by atoms with Gasteiger partial charge in [-0.15, -0.1) is 11.8 Å². The molecular formula is C13H21N3OS2. The average molecular weight is 299 g/mol. The van der Waals surface area contributed by atoms with Crippen molar-refractivity contribution in [1.82, 2.24) is 15.5 Å². The third kappa shape index (κ3) is 3.47. The molecule has 3 unspecified atom stereocenters. The molecule has 3 atom stereocenters. The number of aromatic nitrogens is 2. The van der Waals surface area contributed by atoms with Gasteiger partial charge in [0, 0.05) is 23.2 Å². The molecule has 3 rings (SSSR count). The molecule has 106 valence electrons. The third-order valence-electron chi connectivity index (χ3n) is 3.79. The van der Waals surface area contributed by atoms with E-state index in [1.807, 2.05) is 23.5 Å². The van der Waals surface area contributed by atoms with Crippen molar-refractivity contribution >= 4 is 23.5 Å². The fourth-order valence-electron chi connectivity index (χ4n) is 2.73. The summed E-state index contributed by atoms with van der Waals surface area (Å²) in [6, 6.07) is 0. The van der Waals surface area contributed by atoms with Crippen LogP contribution in [0.4, 0.5) is 0 Å². The van der Waals surface area contributed by atoms with E-state index < -0.39 is 0 Å². The zero-order valence-electron chi connectivity index (χ0n) is 11.3. The molecule has 0 bridgehead atoms. The number of nitrogens with zero attached hydrogens (tertiary/aromatic N) is 2. The summed E-state index contributed by atoms with van der Waals surface area (Å²) in [4.78, 5) is 4.64. The lowest BCUT2D eigenvalue weighted by Crippen LogP contribution is -2.30. The zero-order valence-corrected chi connectivity index (χ0v) is 12.9. The van der Waals surface area contributed by atoms with Gasteiger partial charge in [0.2, 0.25) is 5.89 Å². The summed E-state index contributed by atoms with van der Waals surface area (Å²) in [5.74, 6) is 4.82. The SMILES string of the molecule is CC1SCCSC1c1noc(CC2CCCNC2)n1. The van der Waals surface area contributed by atoms with E-state index in [1.54, 1.807) is 0 Å². The monoisotopic (exact) mass is 299 g/mol. The standard InChI is InChI=1S/C13H21N3OS2/c1-9-12(19-6-5-18-9)13-15-11(17-16-13)7-10-3-2-4-14-8-10/h9-10,12,14H,2-8H2,1H3. The topological polar surface area (TPSA) is 51.0 Å². The number of piperidine rings is 1. The molecule has 0 aromatic carbocycles. The minimum absolute atomic E-state index is 0.403. The maximum atomic E-state index is 5.46. The Morgan fingerprint density at radius 1 is 1.37 bits per heavy atom. The Kier molecular flexibility index (Phi) is 4.71. The van der Waals surface area contributed by atoms with Crippen molar-refractivity contribution in [2.24, 2.45) is 5.92 Å². The number of nitrogens with one attached hydrogen (secondary N) is 1. The third-order valence-corrected chi connectivity index (χ3v) is 6.87. The van der Waals surface area contributed by atoms with Gasteiger partial charge in [0.1, 0.15) is 0 Å². The van der Waals surface area contributed by atoms with Gasteiger partial charge in [-0.3, -0.25) is 0 Å². The van der Waals surface area contributed by atoms with Gasteiger partial charge in [0.05, 0.1) is 5.25 Å². The average Bonchev–Trinajstić information content (AvgIpc) is 2.89. The highest BCUT2D eigenvalue weighted by atomic mass is 32.2. The highest BCUT2D eigenvalue weighted by molar-refractivity contribution is 8.06. The van der Waals surface area contributed by atoms with Crippen molar-refractivity contribution in [3.63, 3.8) is 0 Å². The largest absolute Gasteiger partial charge is 0.339 e. The molecule has 19 heavy (non-hydrogen) atoms. The van der Waals surface area contributed by atoms with E-state index in [-0.39, 0.29) is 0 Å². The van der Waals surface area contributed by atoms with Crippen LogP contribution in [0.15, 0.2) is 4.52 Å². The summed E-state index contributed by atoms with van der Waals surface area (Å²) in [6.45, 7) is 4.50. The Morgan fingerprint density at radius 3 is 3.05 bits per heavy atom. The number of thioether (sulfide) groups is 2. The highest BCUT2D eigenvalue weighted by Gasteiger charge is 2.28. The van der Waals surface area contributed by atoms with Crippen LogP contribution in [0.2, 0.25) is 0 Å². The summed E-state index contributed by atoms with van der Waals surface area (Å²) >= 11 is 3.98. The summed E-state index contributed by atoms with van der Waals surface area (Å²) in [7, 11) is 0. The second-order valence-electron chi connectivity index (χ2n) is 5.33. The first-order valence-electron chi connectivity index (χ1n) is 7.09. The first kappa shape index (κ1) is 13.8. The van der Waals surface area contributed by atoms with Crippen molar-refractivity contribution < 1.29 is 4.52 Å². The predicted octanol–water partition coefficient (Wildman–Crippen LogP) is 2.52. The van der Waals surface area contributed by atoms with Gasteiger partial charge in [-0.25, -0.2) is 0 Å². The van der Waals surface area contributed by atoms with E-state index in [9.17, 15) is 0 Å². The van der Waals surface area contributed by atoms with Crippen LogP contribution in [-0.2, 0) is 6.42 Å². The van der Waals surface area contributed by atoms with Gasteiger partial charge >= 0.3 is 0 Å². The molecule has 1 aromatic rings. The predicted molar refractivity (Wildman–Crippen MR) is 80.7 cm³/mol. The second-order valence-corrected chi connectivity index (χ2v) is 8.06. The molecule has 0 spiro atoms. The van der Waals surface area contributed by atoms with Crippen LogP contribution in [-0.4, -0.2) is 40.0 Å². The van der Waals surface area contributed by atoms with Gasteiger partial charge in [-0.2, -0.15) is 16.7 Å². The number of rotatable bonds is 3. The molecule has 1 aromatic heterocycles. The summed E-state index contributed by atoms with van der Waals surface area (Å²) in [5.41, 5.74) is 0. The summed E-state index contributed by atoms with van der Waals surface area (Å²) < 4.78 is 5.46. The van der Waals surface area contributed by atoms with E-state index in [4.69, 9.17) is 4.52 Å². The minimum Gasteiger partial charge on any atom is -0.339 e. The van der Waals surface area contributed by atoms with Crippen LogP contribution >= 0.6 is 23.5 Å². The molecule has 0 amide bonds. The lowest BCUT2D eigenvalue weighted by atomic mass is 9.96. The molecule has 0 saturated carbocycles. The van der Waals surface area contributed by atoms with Crippen LogP contribution in [0.25, 0.3) is 0 Å². The molecule has 2 fully saturated rings.